The van der Waals surface area contributed by atoms with E-state index in [4.69, 9.17) is 11.2 Å². The van der Waals surface area contributed by atoms with E-state index < -0.39 is 29.7 Å². The molecule has 7 nitrogen and oxygen atoms in total. The Morgan fingerprint density at radius 3 is 2.33 bits per heavy atom. The fourth-order valence-electron chi connectivity index (χ4n) is 3.43. The Hall–Kier alpha value is -2.66. The van der Waals surface area contributed by atoms with Crippen molar-refractivity contribution >= 4 is 30.5 Å². The number of ether oxygens (including phenoxy) is 1. The predicted octanol–water partition coefficient (Wildman–Crippen LogP) is 3.89. The summed E-state index contributed by atoms with van der Waals surface area (Å²) in [5.74, 6) is -1.03. The molecule has 8 heteroatoms. The highest BCUT2D eigenvalue weighted by Gasteiger charge is 2.36. The summed E-state index contributed by atoms with van der Waals surface area (Å²) < 4.78 is 5.25. The van der Waals surface area contributed by atoms with E-state index in [-0.39, 0.29) is 17.7 Å². The number of nitrogens with zero attached hydrogens (tertiary/aromatic N) is 1. The zero-order valence-electron chi connectivity index (χ0n) is 20.7. The SMILES string of the molecule is C#CN(C(=O)C(CS)NC(=O)OC(C)(C)C)C(C(=O)NC(C)CCC)c1ccc(C)cc1C. The van der Waals surface area contributed by atoms with Crippen LogP contribution in [0.15, 0.2) is 18.2 Å². The molecule has 0 aromatic heterocycles. The lowest BCUT2D eigenvalue weighted by molar-refractivity contribution is -0.138. The van der Waals surface area contributed by atoms with E-state index in [0.717, 1.165) is 28.9 Å². The van der Waals surface area contributed by atoms with Crippen LogP contribution in [0.4, 0.5) is 4.79 Å². The van der Waals surface area contributed by atoms with Crippen molar-refractivity contribution < 1.29 is 19.1 Å². The van der Waals surface area contributed by atoms with Gasteiger partial charge in [-0.25, -0.2) is 4.79 Å². The molecule has 3 unspecified atom stereocenters. The first-order chi connectivity index (χ1) is 15.3. The van der Waals surface area contributed by atoms with Crippen molar-refractivity contribution in [3.63, 3.8) is 0 Å². The van der Waals surface area contributed by atoms with Gasteiger partial charge >= 0.3 is 6.09 Å². The van der Waals surface area contributed by atoms with Gasteiger partial charge in [0.05, 0.1) is 0 Å². The zero-order valence-corrected chi connectivity index (χ0v) is 21.6. The first kappa shape index (κ1) is 28.4. The third-order valence-corrected chi connectivity index (χ3v) is 5.25. The van der Waals surface area contributed by atoms with E-state index in [9.17, 15) is 14.4 Å². The lowest BCUT2D eigenvalue weighted by Gasteiger charge is -2.31. The lowest BCUT2D eigenvalue weighted by Crippen LogP contribution is -2.53. The number of rotatable bonds is 9. The topological polar surface area (TPSA) is 87.7 Å². The number of benzene rings is 1. The number of hydrogen-bond acceptors (Lipinski definition) is 5. The van der Waals surface area contributed by atoms with Gasteiger partial charge in [0.25, 0.3) is 5.91 Å². The van der Waals surface area contributed by atoms with Gasteiger partial charge in [-0.05, 0) is 59.1 Å². The molecule has 0 aliphatic heterocycles. The number of hydrogen-bond donors (Lipinski definition) is 3. The highest BCUT2D eigenvalue weighted by molar-refractivity contribution is 7.80. The van der Waals surface area contributed by atoms with Crippen LogP contribution in [0.25, 0.3) is 0 Å². The molecule has 0 bridgehead atoms. The van der Waals surface area contributed by atoms with Crippen molar-refractivity contribution in [2.75, 3.05) is 5.75 Å². The molecule has 3 atom stereocenters. The smallest absolute Gasteiger partial charge is 0.408 e. The molecule has 2 N–H and O–H groups in total. The highest BCUT2D eigenvalue weighted by atomic mass is 32.1. The van der Waals surface area contributed by atoms with Gasteiger partial charge in [0.2, 0.25) is 5.91 Å². The number of aryl methyl sites for hydroxylation is 2. The minimum absolute atomic E-state index is 0.0241. The number of thiol groups is 1. The molecular weight excluding hydrogens is 438 g/mol. The van der Waals surface area contributed by atoms with E-state index in [0.29, 0.717) is 5.56 Å². The fourth-order valence-corrected chi connectivity index (χ4v) is 3.67. The van der Waals surface area contributed by atoms with Crippen molar-refractivity contribution in [1.29, 1.82) is 0 Å². The second kappa shape index (κ2) is 12.5. The highest BCUT2D eigenvalue weighted by Crippen LogP contribution is 2.26. The number of amides is 3. The molecule has 1 aromatic rings. The Morgan fingerprint density at radius 1 is 1.21 bits per heavy atom. The summed E-state index contributed by atoms with van der Waals surface area (Å²) in [7, 11) is 0. The zero-order chi connectivity index (χ0) is 25.3. The van der Waals surface area contributed by atoms with Gasteiger partial charge < -0.3 is 15.4 Å². The molecule has 33 heavy (non-hydrogen) atoms. The molecule has 0 aliphatic rings. The van der Waals surface area contributed by atoms with Crippen LogP contribution in [0.1, 0.15) is 70.2 Å². The van der Waals surface area contributed by atoms with Crippen LogP contribution in [-0.4, -0.2) is 46.2 Å². The number of terminal acetylenes is 1. The van der Waals surface area contributed by atoms with E-state index in [1.165, 1.54) is 0 Å². The van der Waals surface area contributed by atoms with Gasteiger partial charge in [0, 0.05) is 17.8 Å². The summed E-state index contributed by atoms with van der Waals surface area (Å²) in [5, 5.41) is 5.47. The van der Waals surface area contributed by atoms with Crippen molar-refractivity contribution in [2.24, 2.45) is 0 Å². The molecular formula is C25H37N3O4S. The van der Waals surface area contributed by atoms with Crippen molar-refractivity contribution in [3.05, 3.63) is 34.9 Å². The van der Waals surface area contributed by atoms with Crippen molar-refractivity contribution in [3.8, 4) is 12.5 Å². The monoisotopic (exact) mass is 475 g/mol. The Kier molecular flexibility index (Phi) is 10.8. The van der Waals surface area contributed by atoms with Crippen LogP contribution in [-0.2, 0) is 14.3 Å². The minimum Gasteiger partial charge on any atom is -0.444 e. The summed E-state index contributed by atoms with van der Waals surface area (Å²) in [5.41, 5.74) is 1.72. The predicted molar refractivity (Wildman–Crippen MR) is 134 cm³/mol. The van der Waals surface area contributed by atoms with E-state index in [1.54, 1.807) is 26.8 Å². The quantitative estimate of drug-likeness (QED) is 0.287. The molecule has 0 aliphatic carbocycles. The van der Waals surface area contributed by atoms with E-state index in [2.05, 4.69) is 29.3 Å². The molecule has 0 fully saturated rings. The number of nitrogens with one attached hydrogen (secondary N) is 2. The Morgan fingerprint density at radius 2 is 1.85 bits per heavy atom. The molecule has 1 aromatic carbocycles. The number of carbonyl (C=O) groups excluding carboxylic acids is 3. The Balaban J connectivity index is 3.34. The normalized spacial score (nSPS) is 13.8. The van der Waals surface area contributed by atoms with Crippen LogP contribution in [0, 0.1) is 26.3 Å². The van der Waals surface area contributed by atoms with Gasteiger partial charge in [-0.3, -0.25) is 14.5 Å². The number of alkyl carbamates (subject to hydrolysis) is 1. The van der Waals surface area contributed by atoms with E-state index in [1.807, 2.05) is 39.8 Å². The first-order valence-corrected chi connectivity index (χ1v) is 11.7. The van der Waals surface area contributed by atoms with Crippen LogP contribution >= 0.6 is 12.6 Å². The summed E-state index contributed by atoms with van der Waals surface area (Å²) in [6, 6.07) is 5.73. The van der Waals surface area contributed by atoms with Gasteiger partial charge in [0.15, 0.2) is 0 Å². The second-order valence-electron chi connectivity index (χ2n) is 9.18. The Labute approximate surface area is 203 Å². The number of carbonyl (C=O) groups is 3. The average Bonchev–Trinajstić information content (AvgIpc) is 2.69. The van der Waals surface area contributed by atoms with Gasteiger partial charge in [-0.15, -0.1) is 0 Å². The van der Waals surface area contributed by atoms with Gasteiger partial charge in [-0.1, -0.05) is 43.5 Å². The van der Waals surface area contributed by atoms with Gasteiger partial charge in [-0.2, -0.15) is 12.6 Å². The molecule has 0 saturated heterocycles. The fraction of sp³-hybridized carbons (Fsp3) is 0.560. The van der Waals surface area contributed by atoms with Crippen LogP contribution < -0.4 is 10.6 Å². The Bertz CT molecular complexity index is 889. The molecule has 0 saturated carbocycles. The maximum atomic E-state index is 13.4. The standard InChI is InChI=1S/C25H37N3O4S/c1-9-11-18(5)26-22(29)21(19-13-12-16(3)14-17(19)4)28(10-2)23(30)20(15-33)27-24(31)32-25(6,7)8/h2,12-14,18,20-21,33H,9,11,15H2,1,3-8H3,(H,26,29)(H,27,31). The largest absolute Gasteiger partial charge is 0.444 e. The third-order valence-electron chi connectivity index (χ3n) is 4.88. The molecule has 1 rings (SSSR count). The molecule has 0 spiro atoms. The van der Waals surface area contributed by atoms with E-state index >= 15 is 0 Å². The minimum atomic E-state index is -1.08. The summed E-state index contributed by atoms with van der Waals surface area (Å²) in [6.45, 7) is 12.9. The van der Waals surface area contributed by atoms with Gasteiger partial charge in [0.1, 0.15) is 17.7 Å². The van der Waals surface area contributed by atoms with Crippen LogP contribution in [0.3, 0.4) is 0 Å². The third kappa shape index (κ3) is 8.65. The van der Waals surface area contributed by atoms with Crippen LogP contribution in [0.5, 0.6) is 0 Å². The first-order valence-electron chi connectivity index (χ1n) is 11.1. The molecule has 0 radical (unpaired) electrons. The maximum absolute atomic E-state index is 13.4. The van der Waals surface area contributed by atoms with Crippen molar-refractivity contribution in [1.82, 2.24) is 15.5 Å². The summed E-state index contributed by atoms with van der Waals surface area (Å²) in [4.78, 5) is 40.0. The lowest BCUT2D eigenvalue weighted by atomic mass is 9.96. The maximum Gasteiger partial charge on any atom is 0.408 e. The van der Waals surface area contributed by atoms with Crippen molar-refractivity contribution in [2.45, 2.75) is 85.0 Å². The van der Waals surface area contributed by atoms with Crippen LogP contribution in [0.2, 0.25) is 0 Å². The molecule has 182 valence electrons. The molecule has 0 heterocycles. The average molecular weight is 476 g/mol. The summed E-state index contributed by atoms with van der Waals surface area (Å²) >= 11 is 4.21. The second-order valence-corrected chi connectivity index (χ2v) is 9.54. The summed E-state index contributed by atoms with van der Waals surface area (Å²) in [6.07, 6.45) is 6.67. The molecule has 3 amide bonds.